The van der Waals surface area contributed by atoms with E-state index in [0.717, 1.165) is 24.6 Å². The van der Waals surface area contributed by atoms with Gasteiger partial charge in [0, 0.05) is 69.9 Å². The highest BCUT2D eigenvalue weighted by Crippen LogP contribution is 2.04. The van der Waals surface area contributed by atoms with E-state index >= 15 is 0 Å². The molecule has 0 N–H and O–H groups in total. The Bertz CT molecular complexity index is 196. The lowest BCUT2D eigenvalue weighted by molar-refractivity contribution is 0.186. The molecule has 0 atom stereocenters. The van der Waals surface area contributed by atoms with Crippen molar-refractivity contribution >= 4 is 25.3 Å². The van der Waals surface area contributed by atoms with Crippen LogP contribution in [0.1, 0.15) is 13.8 Å². The monoisotopic (exact) mass is 291 g/mol. The number of rotatable bonds is 5. The van der Waals surface area contributed by atoms with Gasteiger partial charge in [0.15, 0.2) is 0 Å². The zero-order chi connectivity index (χ0) is 13.4. The fourth-order valence-corrected chi connectivity index (χ4v) is 2.97. The van der Waals surface area contributed by atoms with E-state index in [1.54, 1.807) is 0 Å². The van der Waals surface area contributed by atoms with Crippen LogP contribution in [0.5, 0.6) is 0 Å². The maximum atomic E-state index is 4.37. The van der Waals surface area contributed by atoms with Gasteiger partial charge in [-0.15, -0.1) is 0 Å². The van der Waals surface area contributed by atoms with Crippen LogP contribution < -0.4 is 0 Å². The molecule has 1 heterocycles. The molecule has 1 saturated heterocycles. The average molecular weight is 292 g/mol. The van der Waals surface area contributed by atoms with Crippen molar-refractivity contribution in [2.75, 3.05) is 63.9 Å². The van der Waals surface area contributed by atoms with Crippen LogP contribution in [0.4, 0.5) is 0 Å². The summed E-state index contributed by atoms with van der Waals surface area (Å²) < 4.78 is 0. The maximum Gasteiger partial charge on any atom is 0.0113 e. The Morgan fingerprint density at radius 2 is 1.17 bits per heavy atom. The van der Waals surface area contributed by atoms with Gasteiger partial charge in [-0.2, -0.15) is 25.3 Å². The van der Waals surface area contributed by atoms with Gasteiger partial charge in [0.05, 0.1) is 0 Å². The molecule has 5 heteroatoms. The van der Waals surface area contributed by atoms with Crippen LogP contribution in [-0.2, 0) is 0 Å². The predicted molar refractivity (Wildman–Crippen MR) is 87.3 cm³/mol. The van der Waals surface area contributed by atoms with Crippen LogP contribution >= 0.6 is 25.3 Å². The summed E-state index contributed by atoms with van der Waals surface area (Å²) in [7, 11) is 0. The summed E-state index contributed by atoms with van der Waals surface area (Å²) in [5.74, 6) is 1.91. The van der Waals surface area contributed by atoms with E-state index in [4.69, 9.17) is 0 Å². The molecule has 18 heavy (non-hydrogen) atoms. The largest absolute Gasteiger partial charge is 0.300 e. The Labute approximate surface area is 124 Å². The third kappa shape index (κ3) is 6.15. The third-order valence-electron chi connectivity index (χ3n) is 3.70. The average Bonchev–Trinajstić information content (AvgIpc) is 2.42. The van der Waals surface area contributed by atoms with E-state index in [0.29, 0.717) is 6.04 Å². The highest BCUT2D eigenvalue weighted by Gasteiger charge is 2.17. The summed E-state index contributed by atoms with van der Waals surface area (Å²) >= 11 is 8.73. The van der Waals surface area contributed by atoms with E-state index in [2.05, 4.69) is 53.8 Å². The van der Waals surface area contributed by atoms with Crippen molar-refractivity contribution in [2.24, 2.45) is 0 Å². The van der Waals surface area contributed by atoms with Crippen LogP contribution in [0.25, 0.3) is 0 Å². The molecular formula is C13H29N3S2. The minimum Gasteiger partial charge on any atom is -0.300 e. The topological polar surface area (TPSA) is 9.72 Å². The van der Waals surface area contributed by atoms with Gasteiger partial charge in [-0.3, -0.25) is 14.7 Å². The van der Waals surface area contributed by atoms with Gasteiger partial charge in [0.25, 0.3) is 0 Å². The molecule has 0 saturated carbocycles. The van der Waals surface area contributed by atoms with Crippen molar-refractivity contribution in [1.29, 1.82) is 0 Å². The van der Waals surface area contributed by atoms with Gasteiger partial charge >= 0.3 is 0 Å². The second-order valence-corrected chi connectivity index (χ2v) is 6.15. The number of hydrogen-bond acceptors (Lipinski definition) is 5. The van der Waals surface area contributed by atoms with Gasteiger partial charge in [-0.05, 0) is 13.8 Å². The van der Waals surface area contributed by atoms with Crippen molar-refractivity contribution in [2.45, 2.75) is 19.9 Å². The van der Waals surface area contributed by atoms with Crippen molar-refractivity contribution in [1.82, 2.24) is 14.7 Å². The summed E-state index contributed by atoms with van der Waals surface area (Å²) in [5, 5.41) is 0. The second kappa shape index (κ2) is 9.48. The summed E-state index contributed by atoms with van der Waals surface area (Å²) in [6, 6.07) is 0.638. The molecule has 0 amide bonds. The molecule has 1 rings (SSSR count). The van der Waals surface area contributed by atoms with E-state index in [-0.39, 0.29) is 0 Å². The summed E-state index contributed by atoms with van der Waals surface area (Å²) in [5.41, 5.74) is 0. The third-order valence-corrected chi connectivity index (χ3v) is 4.10. The number of thiol groups is 2. The smallest absolute Gasteiger partial charge is 0.0113 e. The zero-order valence-electron chi connectivity index (χ0n) is 11.9. The van der Waals surface area contributed by atoms with Crippen LogP contribution in [0.15, 0.2) is 0 Å². The maximum absolute atomic E-state index is 4.37. The van der Waals surface area contributed by atoms with E-state index in [9.17, 15) is 0 Å². The molecular weight excluding hydrogens is 262 g/mol. The lowest BCUT2D eigenvalue weighted by Crippen LogP contribution is -2.40. The summed E-state index contributed by atoms with van der Waals surface area (Å²) in [6.45, 7) is 13.8. The Hall–Kier alpha value is 0.580. The molecule has 0 aliphatic carbocycles. The summed E-state index contributed by atoms with van der Waals surface area (Å²) in [4.78, 5) is 7.67. The Morgan fingerprint density at radius 1 is 0.778 bits per heavy atom. The molecule has 1 aliphatic rings. The first kappa shape index (κ1) is 16.6. The molecule has 0 unspecified atom stereocenters. The first-order valence-electron chi connectivity index (χ1n) is 7.08. The first-order valence-corrected chi connectivity index (χ1v) is 8.34. The standard InChI is InChI=1S/C13H29N3S2/c1-13(2)16-7-5-14(9-11-17)3-4-15(6-8-16)10-12-18/h13,17-18H,3-12H2,1-2H3. The van der Waals surface area contributed by atoms with Crippen LogP contribution in [0.3, 0.4) is 0 Å². The number of nitrogens with zero attached hydrogens (tertiary/aromatic N) is 3. The highest BCUT2D eigenvalue weighted by molar-refractivity contribution is 7.80. The molecule has 0 aromatic heterocycles. The number of hydrogen-bond donors (Lipinski definition) is 2. The summed E-state index contributed by atoms with van der Waals surface area (Å²) in [6.07, 6.45) is 0. The van der Waals surface area contributed by atoms with E-state index in [1.807, 2.05) is 0 Å². The van der Waals surface area contributed by atoms with Gasteiger partial charge in [-0.1, -0.05) is 0 Å². The fraction of sp³-hybridized carbons (Fsp3) is 1.00. The van der Waals surface area contributed by atoms with E-state index < -0.39 is 0 Å². The Morgan fingerprint density at radius 3 is 1.50 bits per heavy atom. The zero-order valence-corrected chi connectivity index (χ0v) is 13.7. The van der Waals surface area contributed by atoms with Crippen molar-refractivity contribution in [3.63, 3.8) is 0 Å². The molecule has 0 spiro atoms. The highest BCUT2D eigenvalue weighted by atomic mass is 32.1. The quantitative estimate of drug-likeness (QED) is 0.737. The molecule has 1 fully saturated rings. The Balaban J connectivity index is 2.56. The molecule has 0 aromatic rings. The van der Waals surface area contributed by atoms with Crippen LogP contribution in [0, 0.1) is 0 Å². The second-order valence-electron chi connectivity index (χ2n) is 5.26. The van der Waals surface area contributed by atoms with Gasteiger partial charge in [0.2, 0.25) is 0 Å². The van der Waals surface area contributed by atoms with Gasteiger partial charge in [-0.25, -0.2) is 0 Å². The van der Waals surface area contributed by atoms with Gasteiger partial charge < -0.3 is 0 Å². The SMILES string of the molecule is CC(C)N1CCN(CCS)CCN(CCS)CC1. The lowest BCUT2D eigenvalue weighted by atomic mass is 10.3. The van der Waals surface area contributed by atoms with Crippen molar-refractivity contribution < 1.29 is 0 Å². The Kier molecular flexibility index (Phi) is 8.76. The molecule has 108 valence electrons. The molecule has 3 nitrogen and oxygen atoms in total. The van der Waals surface area contributed by atoms with E-state index in [1.165, 1.54) is 39.3 Å². The molecule has 0 aromatic carbocycles. The predicted octanol–water partition coefficient (Wildman–Crippen LogP) is 1.17. The van der Waals surface area contributed by atoms with Crippen LogP contribution in [-0.4, -0.2) is 84.6 Å². The van der Waals surface area contributed by atoms with Crippen LogP contribution in [0.2, 0.25) is 0 Å². The molecule has 1 aliphatic heterocycles. The molecule has 0 radical (unpaired) electrons. The van der Waals surface area contributed by atoms with Crippen molar-refractivity contribution in [3.05, 3.63) is 0 Å². The van der Waals surface area contributed by atoms with Gasteiger partial charge in [0.1, 0.15) is 0 Å². The fourth-order valence-electron chi connectivity index (χ4n) is 2.40. The minimum absolute atomic E-state index is 0.638. The normalized spacial score (nSPS) is 21.8. The molecule has 0 bridgehead atoms. The first-order chi connectivity index (χ1) is 8.67. The van der Waals surface area contributed by atoms with Crippen molar-refractivity contribution in [3.8, 4) is 0 Å². The minimum atomic E-state index is 0.638. The lowest BCUT2D eigenvalue weighted by Gasteiger charge is -2.28.